The predicted molar refractivity (Wildman–Crippen MR) is 64.1 cm³/mol. The molecule has 90 valence electrons. The second-order valence-electron chi connectivity index (χ2n) is 3.61. The highest BCUT2D eigenvalue weighted by molar-refractivity contribution is 5.82. The second-order valence-corrected chi connectivity index (χ2v) is 3.61. The van der Waals surface area contributed by atoms with Crippen molar-refractivity contribution in [2.24, 2.45) is 0 Å². The average molecular weight is 224 g/mol. The summed E-state index contributed by atoms with van der Waals surface area (Å²) in [5.74, 6) is -0.0809. The maximum absolute atomic E-state index is 10.7. The van der Waals surface area contributed by atoms with Crippen molar-refractivity contribution in [3.63, 3.8) is 0 Å². The fourth-order valence-electron chi connectivity index (χ4n) is 1.19. The summed E-state index contributed by atoms with van der Waals surface area (Å²) < 4.78 is 4.44. The molecule has 0 aromatic rings. The minimum absolute atomic E-state index is 0.261. The van der Waals surface area contributed by atoms with Gasteiger partial charge in [-0.05, 0) is 26.2 Å². The molecule has 16 heavy (non-hydrogen) atoms. The summed E-state index contributed by atoms with van der Waals surface area (Å²) in [6.45, 7) is 1.62. The van der Waals surface area contributed by atoms with E-state index in [0.717, 1.165) is 25.7 Å². The van der Waals surface area contributed by atoms with Gasteiger partial charge in [0, 0.05) is 12.5 Å². The minimum atomic E-state index is -0.342. The van der Waals surface area contributed by atoms with Crippen LogP contribution in [0.4, 0.5) is 0 Å². The van der Waals surface area contributed by atoms with Crippen molar-refractivity contribution in [3.8, 4) is 0 Å². The molecule has 0 N–H and O–H groups in total. The van der Waals surface area contributed by atoms with Gasteiger partial charge in [-0.3, -0.25) is 0 Å². The molecular formula is C13H20O3. The summed E-state index contributed by atoms with van der Waals surface area (Å²) in [4.78, 5) is 21.3. The quantitative estimate of drug-likeness (QED) is 0.275. The number of hydrogen-bond donors (Lipinski definition) is 0. The number of esters is 1. The lowest BCUT2D eigenvalue weighted by Gasteiger charge is -1.95. The Balaban J connectivity index is 3.38. The molecule has 0 radical (unpaired) electrons. The van der Waals surface area contributed by atoms with Crippen LogP contribution in [0.25, 0.3) is 0 Å². The first-order chi connectivity index (χ1) is 7.66. The molecule has 3 heteroatoms. The number of allylic oxidation sites excluding steroid dienone is 3. The monoisotopic (exact) mass is 224 g/mol. The van der Waals surface area contributed by atoms with Gasteiger partial charge in [-0.15, -0.1) is 0 Å². The van der Waals surface area contributed by atoms with Crippen molar-refractivity contribution in [1.29, 1.82) is 0 Å². The van der Waals surface area contributed by atoms with Gasteiger partial charge in [0.1, 0.15) is 5.78 Å². The van der Waals surface area contributed by atoms with E-state index in [1.54, 1.807) is 13.0 Å². The largest absolute Gasteiger partial charge is 0.466 e. The van der Waals surface area contributed by atoms with Crippen LogP contribution in [0, 0.1) is 0 Å². The first kappa shape index (κ1) is 14.6. The molecular weight excluding hydrogens is 204 g/mol. The van der Waals surface area contributed by atoms with Crippen molar-refractivity contribution < 1.29 is 14.3 Å². The van der Waals surface area contributed by atoms with Crippen LogP contribution in [0.1, 0.15) is 39.0 Å². The highest BCUT2D eigenvalue weighted by atomic mass is 16.5. The third-order valence-electron chi connectivity index (χ3n) is 2.08. The molecule has 0 bridgehead atoms. The van der Waals surface area contributed by atoms with Crippen LogP contribution in [0.5, 0.6) is 0 Å². The first-order valence-corrected chi connectivity index (χ1v) is 5.57. The lowest BCUT2D eigenvalue weighted by atomic mass is 10.1. The molecule has 0 amide bonds. The van der Waals surface area contributed by atoms with Gasteiger partial charge in [0.05, 0.1) is 7.11 Å². The molecule has 0 atom stereocenters. The Morgan fingerprint density at radius 1 is 1.12 bits per heavy atom. The maximum Gasteiger partial charge on any atom is 0.330 e. The van der Waals surface area contributed by atoms with Crippen molar-refractivity contribution in [2.75, 3.05) is 7.11 Å². The zero-order valence-corrected chi connectivity index (χ0v) is 10.1. The highest BCUT2D eigenvalue weighted by Gasteiger charge is 1.92. The standard InChI is InChI=1S/C13H20O3/c1-12(14)10-8-6-4-3-5-7-9-11-13(15)16-2/h5,7,9,11H,3-4,6,8,10H2,1-2H3. The lowest BCUT2D eigenvalue weighted by molar-refractivity contribution is -0.134. The van der Waals surface area contributed by atoms with E-state index >= 15 is 0 Å². The SMILES string of the molecule is COC(=O)C=CC=CCCCCCC(C)=O. The topological polar surface area (TPSA) is 43.4 Å². The zero-order valence-electron chi connectivity index (χ0n) is 10.1. The lowest BCUT2D eigenvalue weighted by Crippen LogP contribution is -1.92. The molecule has 0 aromatic heterocycles. The van der Waals surface area contributed by atoms with Crippen molar-refractivity contribution in [2.45, 2.75) is 39.0 Å². The van der Waals surface area contributed by atoms with Crippen LogP contribution in [0.15, 0.2) is 24.3 Å². The number of carbonyl (C=O) groups is 2. The molecule has 0 spiro atoms. The Kier molecular flexibility index (Phi) is 9.27. The Morgan fingerprint density at radius 3 is 2.50 bits per heavy atom. The van der Waals surface area contributed by atoms with Crippen LogP contribution < -0.4 is 0 Å². The Morgan fingerprint density at radius 2 is 1.88 bits per heavy atom. The van der Waals surface area contributed by atoms with E-state index in [0.29, 0.717) is 6.42 Å². The molecule has 0 saturated carbocycles. The number of Topliss-reactive ketones (excluding diaryl/α,β-unsaturated/α-hetero) is 1. The number of carbonyl (C=O) groups excluding carboxylic acids is 2. The van der Waals surface area contributed by atoms with E-state index in [1.165, 1.54) is 13.2 Å². The van der Waals surface area contributed by atoms with E-state index in [-0.39, 0.29) is 11.8 Å². The van der Waals surface area contributed by atoms with Crippen LogP contribution in [0.2, 0.25) is 0 Å². The van der Waals surface area contributed by atoms with Crippen molar-refractivity contribution in [3.05, 3.63) is 24.3 Å². The molecule has 0 rings (SSSR count). The van der Waals surface area contributed by atoms with Crippen molar-refractivity contribution in [1.82, 2.24) is 0 Å². The van der Waals surface area contributed by atoms with Crippen molar-refractivity contribution >= 4 is 11.8 Å². The van der Waals surface area contributed by atoms with Gasteiger partial charge < -0.3 is 9.53 Å². The van der Waals surface area contributed by atoms with E-state index in [4.69, 9.17) is 0 Å². The molecule has 0 saturated heterocycles. The Hall–Kier alpha value is -1.38. The molecule has 3 nitrogen and oxygen atoms in total. The third-order valence-corrected chi connectivity index (χ3v) is 2.08. The molecule has 0 aromatic carbocycles. The summed E-state index contributed by atoms with van der Waals surface area (Å²) in [7, 11) is 1.35. The molecule has 0 unspecified atom stereocenters. The predicted octanol–water partition coefficient (Wildman–Crippen LogP) is 2.81. The first-order valence-electron chi connectivity index (χ1n) is 5.57. The van der Waals surface area contributed by atoms with Crippen LogP contribution in [-0.2, 0) is 14.3 Å². The molecule has 0 aliphatic rings. The summed E-state index contributed by atoms with van der Waals surface area (Å²) in [6.07, 6.45) is 11.7. The van der Waals surface area contributed by atoms with E-state index in [1.807, 2.05) is 12.2 Å². The highest BCUT2D eigenvalue weighted by Crippen LogP contribution is 2.04. The molecule has 0 heterocycles. The van der Waals surface area contributed by atoms with Crippen LogP contribution in [-0.4, -0.2) is 18.9 Å². The average Bonchev–Trinajstić information content (AvgIpc) is 2.26. The number of methoxy groups -OCH3 is 1. The van der Waals surface area contributed by atoms with Gasteiger partial charge in [-0.1, -0.05) is 24.6 Å². The number of ether oxygens (including phenoxy) is 1. The van der Waals surface area contributed by atoms with E-state index in [9.17, 15) is 9.59 Å². The number of ketones is 1. The zero-order chi connectivity index (χ0) is 12.2. The van der Waals surface area contributed by atoms with Gasteiger partial charge in [0.2, 0.25) is 0 Å². The van der Waals surface area contributed by atoms with Gasteiger partial charge in [-0.2, -0.15) is 0 Å². The normalized spacial score (nSPS) is 11.1. The molecule has 0 aliphatic carbocycles. The summed E-state index contributed by atoms with van der Waals surface area (Å²) in [5.41, 5.74) is 0. The van der Waals surface area contributed by atoms with Gasteiger partial charge >= 0.3 is 5.97 Å². The maximum atomic E-state index is 10.7. The van der Waals surface area contributed by atoms with E-state index < -0.39 is 0 Å². The smallest absolute Gasteiger partial charge is 0.330 e. The number of rotatable bonds is 8. The second kappa shape index (κ2) is 10.1. The number of hydrogen-bond acceptors (Lipinski definition) is 3. The summed E-state index contributed by atoms with van der Waals surface area (Å²) in [5, 5.41) is 0. The molecule has 0 fully saturated rings. The fourth-order valence-corrected chi connectivity index (χ4v) is 1.19. The molecule has 0 aliphatic heterocycles. The summed E-state index contributed by atoms with van der Waals surface area (Å²) in [6, 6.07) is 0. The Labute approximate surface area is 97.2 Å². The van der Waals surface area contributed by atoms with Gasteiger partial charge in [0.15, 0.2) is 0 Å². The third kappa shape index (κ3) is 10.7. The van der Waals surface area contributed by atoms with Gasteiger partial charge in [0.25, 0.3) is 0 Å². The van der Waals surface area contributed by atoms with Crippen LogP contribution in [0.3, 0.4) is 0 Å². The summed E-state index contributed by atoms with van der Waals surface area (Å²) >= 11 is 0. The number of unbranched alkanes of at least 4 members (excludes halogenated alkanes) is 3. The van der Waals surface area contributed by atoms with Crippen LogP contribution >= 0.6 is 0 Å². The van der Waals surface area contributed by atoms with Gasteiger partial charge in [-0.25, -0.2) is 4.79 Å². The Bertz CT molecular complexity index is 264. The van der Waals surface area contributed by atoms with E-state index in [2.05, 4.69) is 4.74 Å². The minimum Gasteiger partial charge on any atom is -0.466 e. The fraction of sp³-hybridized carbons (Fsp3) is 0.538.